The second-order valence-corrected chi connectivity index (χ2v) is 6.61. The Hall–Kier alpha value is -2.21. The van der Waals surface area contributed by atoms with E-state index in [1.54, 1.807) is 29.2 Å². The summed E-state index contributed by atoms with van der Waals surface area (Å²) < 4.78 is 0. The Kier molecular flexibility index (Phi) is 5.25. The molecule has 128 valence electrons. The van der Waals surface area contributed by atoms with Crippen LogP contribution in [0.15, 0.2) is 29.1 Å². The molecule has 1 aliphatic heterocycles. The minimum absolute atomic E-state index is 0.232. The molecule has 0 radical (unpaired) electrons. The number of carbonyl (C=O) groups is 1. The van der Waals surface area contributed by atoms with Gasteiger partial charge in [-0.15, -0.1) is 0 Å². The maximum absolute atomic E-state index is 12.4. The van der Waals surface area contributed by atoms with Crippen LogP contribution in [0.25, 0.3) is 10.8 Å². The number of benzene rings is 1. The van der Waals surface area contributed by atoms with E-state index in [1.165, 1.54) is 25.8 Å². The highest BCUT2D eigenvalue weighted by Crippen LogP contribution is 2.11. The third-order valence-corrected chi connectivity index (χ3v) is 4.95. The molecule has 3 N–H and O–H groups in total. The number of amides is 1. The van der Waals surface area contributed by atoms with Gasteiger partial charge in [-0.2, -0.15) is 5.10 Å². The lowest BCUT2D eigenvalue weighted by Gasteiger charge is -2.30. The Bertz CT molecular complexity index is 771. The highest BCUT2D eigenvalue weighted by atomic mass is 16.2. The maximum Gasteiger partial charge on any atom is 0.272 e. The third-order valence-electron chi connectivity index (χ3n) is 4.95. The molecule has 1 aliphatic rings. The van der Waals surface area contributed by atoms with Crippen molar-refractivity contribution in [1.29, 1.82) is 0 Å². The van der Waals surface area contributed by atoms with Crippen molar-refractivity contribution in [2.24, 2.45) is 0 Å². The van der Waals surface area contributed by atoms with E-state index in [0.29, 0.717) is 17.3 Å². The normalized spacial score (nSPS) is 20.9. The number of piperidine rings is 1. The lowest BCUT2D eigenvalue weighted by Crippen LogP contribution is -3.16. The van der Waals surface area contributed by atoms with Crippen LogP contribution >= 0.6 is 0 Å². The molecule has 1 amide bonds. The molecule has 2 aromatic rings. The van der Waals surface area contributed by atoms with Gasteiger partial charge in [0, 0.05) is 18.4 Å². The van der Waals surface area contributed by atoms with Gasteiger partial charge in [0.25, 0.3) is 11.5 Å². The van der Waals surface area contributed by atoms with Gasteiger partial charge in [0.1, 0.15) is 0 Å². The van der Waals surface area contributed by atoms with E-state index in [-0.39, 0.29) is 17.2 Å². The Labute approximate surface area is 141 Å². The summed E-state index contributed by atoms with van der Waals surface area (Å²) >= 11 is 0. The van der Waals surface area contributed by atoms with Gasteiger partial charge in [-0.1, -0.05) is 18.2 Å². The van der Waals surface area contributed by atoms with Crippen LogP contribution in [0.4, 0.5) is 0 Å². The minimum Gasteiger partial charge on any atom is -0.350 e. The summed E-state index contributed by atoms with van der Waals surface area (Å²) in [4.78, 5) is 25.8. The van der Waals surface area contributed by atoms with Gasteiger partial charge in [-0.25, -0.2) is 5.10 Å². The second-order valence-electron chi connectivity index (χ2n) is 6.61. The fourth-order valence-corrected chi connectivity index (χ4v) is 3.51. The standard InChI is InChI=1S/C18H24N4O2/c1-13-7-4-5-11-22(13)12-6-10-19-18(24)16-14-8-2-3-9-15(14)17(23)21-20-16/h2-3,8-9,13H,4-7,10-12H2,1H3,(H,19,24)(H,21,23)/p+1/t13-/m0/s1. The van der Waals surface area contributed by atoms with Gasteiger partial charge in [-0.05, 0) is 32.3 Å². The van der Waals surface area contributed by atoms with Gasteiger partial charge in [-0.3, -0.25) is 9.59 Å². The first kappa shape index (κ1) is 16.6. The molecule has 3 rings (SSSR count). The van der Waals surface area contributed by atoms with Crippen molar-refractivity contribution < 1.29 is 9.69 Å². The van der Waals surface area contributed by atoms with E-state index in [4.69, 9.17) is 0 Å². The number of nitrogens with zero attached hydrogens (tertiary/aromatic N) is 1. The predicted molar refractivity (Wildman–Crippen MR) is 93.3 cm³/mol. The van der Waals surface area contributed by atoms with Crippen LogP contribution < -0.4 is 15.8 Å². The fraction of sp³-hybridized carbons (Fsp3) is 0.500. The lowest BCUT2D eigenvalue weighted by atomic mass is 10.0. The summed E-state index contributed by atoms with van der Waals surface area (Å²) in [5, 5.41) is 10.3. The summed E-state index contributed by atoms with van der Waals surface area (Å²) in [6.45, 7) is 5.26. The summed E-state index contributed by atoms with van der Waals surface area (Å²) in [6, 6.07) is 7.77. The van der Waals surface area contributed by atoms with Gasteiger partial charge >= 0.3 is 0 Å². The lowest BCUT2D eigenvalue weighted by molar-refractivity contribution is -0.928. The summed E-state index contributed by atoms with van der Waals surface area (Å²) in [7, 11) is 0. The molecule has 2 atom stereocenters. The summed E-state index contributed by atoms with van der Waals surface area (Å²) in [5.41, 5.74) is 0.00808. The van der Waals surface area contributed by atoms with Crippen molar-refractivity contribution in [1.82, 2.24) is 15.5 Å². The summed E-state index contributed by atoms with van der Waals surface area (Å²) in [5.74, 6) is -0.232. The number of H-pyrrole nitrogens is 1. The molecule has 0 bridgehead atoms. The van der Waals surface area contributed by atoms with Crippen LogP contribution in [0.2, 0.25) is 0 Å². The number of hydrogen-bond donors (Lipinski definition) is 3. The van der Waals surface area contributed by atoms with Crippen molar-refractivity contribution in [3.8, 4) is 0 Å². The SMILES string of the molecule is C[C@H]1CCCC[NH+]1CCCNC(=O)c1n[nH]c(=O)c2ccccc12. The molecule has 1 aromatic heterocycles. The van der Waals surface area contributed by atoms with E-state index in [9.17, 15) is 9.59 Å². The topological polar surface area (TPSA) is 79.3 Å². The molecule has 2 heterocycles. The Morgan fingerprint density at radius 3 is 2.92 bits per heavy atom. The first-order chi connectivity index (χ1) is 11.7. The molecule has 0 spiro atoms. The van der Waals surface area contributed by atoms with E-state index >= 15 is 0 Å². The van der Waals surface area contributed by atoms with Gasteiger partial charge < -0.3 is 10.2 Å². The second kappa shape index (κ2) is 7.57. The Morgan fingerprint density at radius 1 is 1.33 bits per heavy atom. The number of fused-ring (bicyclic) bond motifs is 1. The number of nitrogens with one attached hydrogen (secondary N) is 3. The average molecular weight is 329 g/mol. The molecule has 1 unspecified atom stereocenters. The third kappa shape index (κ3) is 3.64. The van der Waals surface area contributed by atoms with E-state index < -0.39 is 0 Å². The predicted octanol–water partition coefficient (Wildman–Crippen LogP) is 0.500. The first-order valence-electron chi connectivity index (χ1n) is 8.77. The number of carbonyl (C=O) groups excluding carboxylic acids is 1. The number of aromatic nitrogens is 2. The zero-order valence-corrected chi connectivity index (χ0v) is 14.1. The van der Waals surface area contributed by atoms with Crippen molar-refractivity contribution in [3.63, 3.8) is 0 Å². The van der Waals surface area contributed by atoms with Crippen molar-refractivity contribution in [2.75, 3.05) is 19.6 Å². The van der Waals surface area contributed by atoms with Gasteiger partial charge in [0.15, 0.2) is 5.69 Å². The van der Waals surface area contributed by atoms with Crippen LogP contribution in [0, 0.1) is 0 Å². The van der Waals surface area contributed by atoms with Crippen LogP contribution in [0.5, 0.6) is 0 Å². The Balaban J connectivity index is 1.58. The molecular weight excluding hydrogens is 304 g/mol. The number of quaternary nitrogens is 1. The van der Waals surface area contributed by atoms with E-state index in [0.717, 1.165) is 19.0 Å². The zero-order valence-electron chi connectivity index (χ0n) is 14.1. The quantitative estimate of drug-likeness (QED) is 0.699. The maximum atomic E-state index is 12.4. The van der Waals surface area contributed by atoms with Gasteiger partial charge in [0.05, 0.1) is 24.5 Å². The molecule has 0 saturated carbocycles. The van der Waals surface area contributed by atoms with Crippen LogP contribution in [0.1, 0.15) is 43.1 Å². The van der Waals surface area contributed by atoms with Crippen molar-refractivity contribution >= 4 is 16.7 Å². The zero-order chi connectivity index (χ0) is 16.9. The fourth-order valence-electron chi connectivity index (χ4n) is 3.51. The number of rotatable bonds is 5. The summed E-state index contributed by atoms with van der Waals surface area (Å²) in [6.07, 6.45) is 4.90. The average Bonchev–Trinajstić information content (AvgIpc) is 2.60. The molecule has 6 heteroatoms. The highest BCUT2D eigenvalue weighted by Gasteiger charge is 2.21. The largest absolute Gasteiger partial charge is 0.350 e. The minimum atomic E-state index is -0.273. The van der Waals surface area contributed by atoms with Gasteiger partial charge in [0.2, 0.25) is 0 Å². The van der Waals surface area contributed by atoms with E-state index in [1.807, 2.05) is 0 Å². The smallest absolute Gasteiger partial charge is 0.272 e. The molecule has 1 saturated heterocycles. The van der Waals surface area contributed by atoms with Crippen LogP contribution in [0.3, 0.4) is 0 Å². The Morgan fingerprint density at radius 2 is 2.12 bits per heavy atom. The van der Waals surface area contributed by atoms with Crippen LogP contribution in [-0.4, -0.2) is 41.8 Å². The molecular formula is C18H25N4O2+. The number of hydrogen-bond acceptors (Lipinski definition) is 3. The molecule has 1 fully saturated rings. The monoisotopic (exact) mass is 329 g/mol. The van der Waals surface area contributed by atoms with Crippen molar-refractivity contribution in [3.05, 3.63) is 40.3 Å². The molecule has 0 aliphatic carbocycles. The first-order valence-corrected chi connectivity index (χ1v) is 8.77. The molecule has 1 aromatic carbocycles. The number of likely N-dealkylation sites (tertiary alicyclic amines) is 1. The van der Waals surface area contributed by atoms with Crippen molar-refractivity contribution in [2.45, 2.75) is 38.6 Å². The highest BCUT2D eigenvalue weighted by molar-refractivity contribution is 6.04. The molecule has 6 nitrogen and oxygen atoms in total. The number of aromatic amines is 1. The van der Waals surface area contributed by atoms with Crippen LogP contribution in [-0.2, 0) is 0 Å². The van der Waals surface area contributed by atoms with E-state index in [2.05, 4.69) is 22.4 Å². The molecule has 24 heavy (non-hydrogen) atoms.